The highest BCUT2D eigenvalue weighted by Gasteiger charge is 2.31. The third-order valence-corrected chi connectivity index (χ3v) is 5.13. The maximum Gasteiger partial charge on any atom is 0.259 e. The van der Waals surface area contributed by atoms with Crippen molar-refractivity contribution in [3.05, 3.63) is 65.6 Å². The van der Waals surface area contributed by atoms with Crippen molar-refractivity contribution in [3.8, 4) is 0 Å². The van der Waals surface area contributed by atoms with E-state index in [9.17, 15) is 9.59 Å². The molecular weight excluding hydrogens is 356 g/mol. The number of benzene rings is 1. The van der Waals surface area contributed by atoms with Crippen molar-refractivity contribution in [3.63, 3.8) is 0 Å². The summed E-state index contributed by atoms with van der Waals surface area (Å²) in [6, 6.07) is 10.2. The van der Waals surface area contributed by atoms with Crippen LogP contribution in [0.2, 0.25) is 0 Å². The van der Waals surface area contributed by atoms with Crippen molar-refractivity contribution < 1.29 is 9.59 Å². The molecule has 2 N–H and O–H groups in total. The van der Waals surface area contributed by atoms with Crippen LogP contribution < -0.4 is 5.73 Å². The topological polar surface area (TPSA) is 96.8 Å². The van der Waals surface area contributed by atoms with Gasteiger partial charge in [-0.05, 0) is 19.0 Å². The number of fused-ring (bicyclic) bond motifs is 1. The molecule has 1 aliphatic heterocycles. The largest absolute Gasteiger partial charge is 0.366 e. The number of nitrogens with two attached hydrogens (primary N) is 1. The Morgan fingerprint density at radius 1 is 1.18 bits per heavy atom. The molecule has 1 fully saturated rings. The zero-order valence-corrected chi connectivity index (χ0v) is 15.7. The van der Waals surface area contributed by atoms with Crippen LogP contribution in [0.15, 0.2) is 48.9 Å². The molecule has 0 aliphatic carbocycles. The summed E-state index contributed by atoms with van der Waals surface area (Å²) in [5.74, 6) is -0.678. The fraction of sp³-hybridized carbons (Fsp3) is 0.300. The second kappa shape index (κ2) is 7.40. The first kappa shape index (κ1) is 18.1. The molecule has 0 saturated carbocycles. The summed E-state index contributed by atoms with van der Waals surface area (Å²) in [6.07, 6.45) is 5.16. The van der Waals surface area contributed by atoms with E-state index in [-0.39, 0.29) is 17.5 Å². The smallest absolute Gasteiger partial charge is 0.259 e. The molecule has 4 rings (SSSR count). The second-order valence-electron chi connectivity index (χ2n) is 7.14. The number of primary amides is 1. The van der Waals surface area contributed by atoms with Gasteiger partial charge in [-0.2, -0.15) is 5.10 Å². The third kappa shape index (κ3) is 3.46. The molecule has 3 aromatic rings. The highest BCUT2D eigenvalue weighted by atomic mass is 16.2. The maximum absolute atomic E-state index is 13.3. The molecule has 0 spiro atoms. The van der Waals surface area contributed by atoms with E-state index in [1.54, 1.807) is 0 Å². The van der Waals surface area contributed by atoms with Crippen LogP contribution in [0.3, 0.4) is 0 Å². The monoisotopic (exact) mass is 378 g/mol. The van der Waals surface area contributed by atoms with Gasteiger partial charge in [0, 0.05) is 38.1 Å². The molecule has 28 heavy (non-hydrogen) atoms. The molecule has 0 bridgehead atoms. The van der Waals surface area contributed by atoms with Crippen LogP contribution in [0.25, 0.3) is 5.65 Å². The van der Waals surface area contributed by atoms with Crippen molar-refractivity contribution in [2.45, 2.75) is 12.5 Å². The Morgan fingerprint density at radius 2 is 1.96 bits per heavy atom. The van der Waals surface area contributed by atoms with Crippen LogP contribution in [0.4, 0.5) is 0 Å². The first-order chi connectivity index (χ1) is 13.5. The SMILES string of the molecule is CN1CCN(C(=O)c2cnn3cc(C(N)=O)cnc23)C(Cc2ccccc2)C1. The van der Waals surface area contributed by atoms with Gasteiger partial charge in [-0.1, -0.05) is 30.3 Å². The number of nitrogens with zero attached hydrogens (tertiary/aromatic N) is 5. The van der Waals surface area contributed by atoms with Gasteiger partial charge in [-0.3, -0.25) is 9.59 Å². The van der Waals surface area contributed by atoms with E-state index in [4.69, 9.17) is 5.73 Å². The summed E-state index contributed by atoms with van der Waals surface area (Å²) in [7, 11) is 2.07. The molecule has 3 heterocycles. The molecule has 1 unspecified atom stereocenters. The minimum Gasteiger partial charge on any atom is -0.366 e. The lowest BCUT2D eigenvalue weighted by Gasteiger charge is -2.40. The zero-order chi connectivity index (χ0) is 19.7. The maximum atomic E-state index is 13.3. The normalized spacial score (nSPS) is 17.8. The van der Waals surface area contributed by atoms with Crippen LogP contribution >= 0.6 is 0 Å². The van der Waals surface area contributed by atoms with Crippen molar-refractivity contribution in [2.24, 2.45) is 5.73 Å². The summed E-state index contributed by atoms with van der Waals surface area (Å²) < 4.78 is 1.43. The Kier molecular flexibility index (Phi) is 4.79. The van der Waals surface area contributed by atoms with E-state index in [0.717, 1.165) is 19.5 Å². The Hall–Kier alpha value is -3.26. The molecule has 8 heteroatoms. The predicted molar refractivity (Wildman–Crippen MR) is 104 cm³/mol. The number of hydrogen-bond donors (Lipinski definition) is 1. The lowest BCUT2D eigenvalue weighted by molar-refractivity contribution is 0.0503. The van der Waals surface area contributed by atoms with Gasteiger partial charge in [0.05, 0.1) is 11.8 Å². The number of amides is 2. The van der Waals surface area contributed by atoms with E-state index in [1.807, 2.05) is 23.1 Å². The number of piperazine rings is 1. The van der Waals surface area contributed by atoms with Crippen molar-refractivity contribution >= 4 is 17.5 Å². The standard InChI is InChI=1S/C20H22N6O2/c1-24-7-8-25(16(13-24)9-14-5-3-2-4-6-14)20(28)17-11-23-26-12-15(18(21)27)10-22-19(17)26/h2-6,10-12,16H,7-9,13H2,1H3,(H2,21,27). The Labute approximate surface area is 162 Å². The van der Waals surface area contributed by atoms with Crippen LogP contribution in [0.1, 0.15) is 26.3 Å². The fourth-order valence-corrected chi connectivity index (χ4v) is 3.65. The van der Waals surface area contributed by atoms with Crippen LogP contribution in [0.5, 0.6) is 0 Å². The summed E-state index contributed by atoms with van der Waals surface area (Å²) in [5, 5.41) is 4.19. The van der Waals surface area contributed by atoms with Gasteiger partial charge in [0.2, 0.25) is 0 Å². The first-order valence-electron chi connectivity index (χ1n) is 9.19. The lowest BCUT2D eigenvalue weighted by Crippen LogP contribution is -2.54. The number of aromatic nitrogens is 3. The van der Waals surface area contributed by atoms with Crippen molar-refractivity contribution in [2.75, 3.05) is 26.7 Å². The van der Waals surface area contributed by atoms with Crippen LogP contribution in [-0.4, -0.2) is 68.9 Å². The summed E-state index contributed by atoms with van der Waals surface area (Å²) in [6.45, 7) is 2.26. The van der Waals surface area contributed by atoms with Gasteiger partial charge in [0.25, 0.3) is 11.8 Å². The lowest BCUT2D eigenvalue weighted by atomic mass is 10.0. The molecule has 1 atom stereocenters. The number of carbonyl (C=O) groups excluding carboxylic acids is 2. The molecule has 1 aromatic carbocycles. The summed E-state index contributed by atoms with van der Waals surface area (Å²) >= 11 is 0. The summed E-state index contributed by atoms with van der Waals surface area (Å²) in [5.41, 5.74) is 7.59. The molecule has 1 saturated heterocycles. The van der Waals surface area contributed by atoms with E-state index < -0.39 is 5.91 Å². The third-order valence-electron chi connectivity index (χ3n) is 5.13. The predicted octanol–water partition coefficient (Wildman–Crippen LogP) is 0.827. The Bertz CT molecular complexity index is 1020. The Balaban J connectivity index is 1.63. The minimum atomic E-state index is -0.584. The quantitative estimate of drug-likeness (QED) is 0.725. The van der Waals surface area contributed by atoms with Gasteiger partial charge < -0.3 is 15.5 Å². The van der Waals surface area contributed by atoms with Gasteiger partial charge in [0.15, 0.2) is 5.65 Å². The number of rotatable bonds is 4. The number of carbonyl (C=O) groups is 2. The van der Waals surface area contributed by atoms with E-state index in [0.29, 0.717) is 17.8 Å². The van der Waals surface area contributed by atoms with Crippen molar-refractivity contribution in [1.82, 2.24) is 24.4 Å². The molecule has 1 aliphatic rings. The minimum absolute atomic E-state index is 0.0634. The highest BCUT2D eigenvalue weighted by molar-refractivity contribution is 6.00. The average Bonchev–Trinajstić information content (AvgIpc) is 3.11. The highest BCUT2D eigenvalue weighted by Crippen LogP contribution is 2.19. The van der Waals surface area contributed by atoms with E-state index >= 15 is 0 Å². The second-order valence-corrected chi connectivity index (χ2v) is 7.14. The molecule has 2 amide bonds. The average molecular weight is 378 g/mol. The first-order valence-corrected chi connectivity index (χ1v) is 9.19. The van der Waals surface area contributed by atoms with Gasteiger partial charge >= 0.3 is 0 Å². The van der Waals surface area contributed by atoms with Crippen molar-refractivity contribution in [1.29, 1.82) is 0 Å². The van der Waals surface area contributed by atoms with Crippen LogP contribution in [-0.2, 0) is 6.42 Å². The van der Waals surface area contributed by atoms with Gasteiger partial charge in [-0.25, -0.2) is 9.50 Å². The molecular formula is C20H22N6O2. The number of likely N-dealkylation sites (N-methyl/N-ethyl adjacent to an activating group) is 1. The van der Waals surface area contributed by atoms with Gasteiger partial charge in [-0.15, -0.1) is 0 Å². The molecule has 2 aromatic heterocycles. The van der Waals surface area contributed by atoms with Gasteiger partial charge in [0.1, 0.15) is 5.56 Å². The Morgan fingerprint density at radius 3 is 2.71 bits per heavy atom. The zero-order valence-electron chi connectivity index (χ0n) is 15.7. The van der Waals surface area contributed by atoms with E-state index in [1.165, 1.54) is 28.7 Å². The van der Waals surface area contributed by atoms with E-state index in [2.05, 4.69) is 34.2 Å². The van der Waals surface area contributed by atoms with Crippen LogP contribution in [0, 0.1) is 0 Å². The summed E-state index contributed by atoms with van der Waals surface area (Å²) in [4.78, 5) is 33.1. The molecule has 0 radical (unpaired) electrons. The molecule has 144 valence electrons. The molecule has 8 nitrogen and oxygen atoms in total. The number of hydrogen-bond acceptors (Lipinski definition) is 5. The fourth-order valence-electron chi connectivity index (χ4n) is 3.65.